The van der Waals surface area contributed by atoms with E-state index < -0.39 is 67.7 Å². The largest absolute Gasteiger partial charge is 0.354 e. The van der Waals surface area contributed by atoms with E-state index in [4.69, 9.17) is 0 Å². The lowest BCUT2D eigenvalue weighted by Crippen LogP contribution is -2.29. The molecule has 14 nitrogen and oxygen atoms in total. The van der Waals surface area contributed by atoms with Crippen LogP contribution in [0.2, 0.25) is 0 Å². The summed E-state index contributed by atoms with van der Waals surface area (Å²) in [6, 6.07) is 14.9. The molecule has 0 radical (unpaired) electrons. The van der Waals surface area contributed by atoms with Crippen molar-refractivity contribution in [2.24, 2.45) is 7.05 Å². The average Bonchev–Trinajstić information content (AvgIpc) is 3.00. The van der Waals surface area contributed by atoms with E-state index in [2.05, 4.69) is 5.32 Å². The molecule has 0 fully saturated rings. The first-order valence-electron chi connectivity index (χ1n) is 13.6. The van der Waals surface area contributed by atoms with Crippen molar-refractivity contribution in [1.82, 2.24) is 4.57 Å². The monoisotopic (exact) mass is 710 g/mol. The number of nitrogens with zero attached hydrogens (tertiary/aromatic N) is 1. The van der Waals surface area contributed by atoms with E-state index in [1.165, 1.54) is 50.4 Å². The van der Waals surface area contributed by atoms with Crippen LogP contribution in [0.25, 0.3) is 22.0 Å². The normalized spacial score (nSPS) is 13.0. The molecule has 0 atom stereocenters. The van der Waals surface area contributed by atoms with E-state index in [9.17, 15) is 53.3 Å². The number of anilines is 2. The quantitative estimate of drug-likeness (QED) is 0.137. The number of fused-ring (bicyclic) bond motifs is 2. The van der Waals surface area contributed by atoms with Gasteiger partial charge in [-0.1, -0.05) is 36.4 Å². The Morgan fingerprint density at radius 2 is 1.35 bits per heavy atom. The summed E-state index contributed by atoms with van der Waals surface area (Å²) in [5, 5.41) is 2.86. The number of hydrogen-bond acceptors (Lipinski definition) is 10. The highest BCUT2D eigenvalue weighted by atomic mass is 32.2. The van der Waals surface area contributed by atoms with E-state index in [1.807, 2.05) is 0 Å². The molecule has 1 aliphatic rings. The van der Waals surface area contributed by atoms with Crippen LogP contribution in [0.3, 0.4) is 0 Å². The Balaban J connectivity index is 1.70. The second kappa shape index (κ2) is 11.0. The molecule has 17 heteroatoms. The van der Waals surface area contributed by atoms with E-state index in [-0.39, 0.29) is 55.7 Å². The summed E-state index contributed by atoms with van der Waals surface area (Å²) in [6.45, 7) is 1.26. The predicted molar refractivity (Wildman–Crippen MR) is 172 cm³/mol. The van der Waals surface area contributed by atoms with Gasteiger partial charge in [0.25, 0.3) is 35.9 Å². The zero-order valence-corrected chi connectivity index (χ0v) is 27.1. The molecule has 0 spiro atoms. The molecule has 48 heavy (non-hydrogen) atoms. The van der Waals surface area contributed by atoms with Crippen molar-refractivity contribution in [2.75, 3.05) is 5.32 Å². The van der Waals surface area contributed by atoms with Gasteiger partial charge in [-0.25, -0.2) is 0 Å². The van der Waals surface area contributed by atoms with Crippen molar-refractivity contribution in [2.45, 2.75) is 21.6 Å². The summed E-state index contributed by atoms with van der Waals surface area (Å²) >= 11 is 0. The minimum Gasteiger partial charge on any atom is -0.354 e. The summed E-state index contributed by atoms with van der Waals surface area (Å²) in [5.74, 6) is -1.52. The van der Waals surface area contributed by atoms with Crippen molar-refractivity contribution in [3.8, 4) is 11.1 Å². The van der Waals surface area contributed by atoms with Gasteiger partial charge in [0, 0.05) is 29.1 Å². The molecule has 1 aliphatic carbocycles. The fraction of sp³-hybridized carbons (Fsp3) is 0.0645. The van der Waals surface area contributed by atoms with E-state index in [1.54, 1.807) is 12.1 Å². The first-order chi connectivity index (χ1) is 22.3. The molecule has 0 saturated heterocycles. The van der Waals surface area contributed by atoms with Crippen molar-refractivity contribution in [3.05, 3.63) is 111 Å². The molecular weight excluding hydrogens is 689 g/mol. The topological polar surface area (TPSA) is 231 Å². The van der Waals surface area contributed by atoms with Crippen LogP contribution in [0.4, 0.5) is 11.4 Å². The first kappa shape index (κ1) is 32.9. The van der Waals surface area contributed by atoms with Crippen LogP contribution >= 0.6 is 0 Å². The van der Waals surface area contributed by atoms with Gasteiger partial charge < -0.3 is 9.88 Å². The molecule has 246 valence electrons. The maximum atomic E-state index is 14.2. The van der Waals surface area contributed by atoms with Gasteiger partial charge in [0.05, 0.1) is 37.8 Å². The minimum atomic E-state index is -5.12. The van der Waals surface area contributed by atoms with Gasteiger partial charge >= 0.3 is 0 Å². The molecule has 6 rings (SSSR count). The smallest absolute Gasteiger partial charge is 0.296 e. The van der Waals surface area contributed by atoms with Crippen LogP contribution in [0, 0.1) is 6.92 Å². The summed E-state index contributed by atoms with van der Waals surface area (Å²) in [6.07, 6.45) is 0. The molecule has 0 bridgehead atoms. The Hall–Kier alpha value is -5.04. The zero-order chi connectivity index (χ0) is 35.1. The molecule has 4 aromatic carbocycles. The van der Waals surface area contributed by atoms with Crippen LogP contribution < -0.4 is 10.9 Å². The third-order valence-electron chi connectivity index (χ3n) is 7.95. The molecule has 1 heterocycles. The highest BCUT2D eigenvalue weighted by molar-refractivity contribution is 7.87. The van der Waals surface area contributed by atoms with Crippen molar-refractivity contribution in [3.63, 3.8) is 0 Å². The number of aromatic nitrogens is 1. The number of rotatable bonds is 7. The van der Waals surface area contributed by atoms with E-state index in [0.717, 1.165) is 22.8 Å². The highest BCUT2D eigenvalue weighted by Crippen LogP contribution is 2.44. The first-order valence-corrected chi connectivity index (χ1v) is 18.0. The van der Waals surface area contributed by atoms with Crippen LogP contribution in [0.15, 0.2) is 92.3 Å². The van der Waals surface area contributed by atoms with E-state index >= 15 is 0 Å². The summed E-state index contributed by atoms with van der Waals surface area (Å²) < 4.78 is 102. The summed E-state index contributed by atoms with van der Waals surface area (Å²) in [4.78, 5) is 39.8. The van der Waals surface area contributed by atoms with Gasteiger partial charge in [-0.2, -0.15) is 25.3 Å². The third-order valence-corrected chi connectivity index (χ3v) is 10.7. The highest BCUT2D eigenvalue weighted by Gasteiger charge is 2.35. The van der Waals surface area contributed by atoms with Gasteiger partial charge in [0.15, 0.2) is 11.6 Å². The van der Waals surface area contributed by atoms with Gasteiger partial charge in [0.1, 0.15) is 4.90 Å². The number of ketones is 2. The number of nitrogens with one attached hydrogen (secondary N) is 1. The van der Waals surface area contributed by atoms with Crippen molar-refractivity contribution in [1.29, 1.82) is 0 Å². The summed E-state index contributed by atoms with van der Waals surface area (Å²) in [5.41, 5.74) is -1.65. The lowest BCUT2D eigenvalue weighted by molar-refractivity contribution is 0.102. The fourth-order valence-corrected chi connectivity index (χ4v) is 7.82. The number of pyridine rings is 1. The lowest BCUT2D eigenvalue weighted by atomic mass is 9.80. The molecular formula is C31H22N2O12S3. The van der Waals surface area contributed by atoms with Crippen molar-refractivity contribution >= 4 is 64.2 Å². The average molecular weight is 711 g/mol. The molecule has 0 saturated carbocycles. The third kappa shape index (κ3) is 5.31. The van der Waals surface area contributed by atoms with Crippen LogP contribution in [-0.2, 0) is 37.4 Å². The molecule has 0 amide bonds. The molecule has 1 aromatic heterocycles. The molecule has 0 unspecified atom stereocenters. The predicted octanol–water partition coefficient (Wildman–Crippen LogP) is 3.77. The Morgan fingerprint density at radius 3 is 1.98 bits per heavy atom. The van der Waals surface area contributed by atoms with E-state index in [0.29, 0.717) is 6.07 Å². The van der Waals surface area contributed by atoms with Crippen LogP contribution in [-0.4, -0.2) is 55.0 Å². The lowest BCUT2D eigenvalue weighted by Gasteiger charge is -2.26. The molecule has 4 N–H and O–H groups in total. The van der Waals surface area contributed by atoms with Gasteiger partial charge in [0.2, 0.25) is 0 Å². The molecule has 0 aliphatic heterocycles. The summed E-state index contributed by atoms with van der Waals surface area (Å²) in [7, 11) is -13.4. The Morgan fingerprint density at radius 1 is 0.708 bits per heavy atom. The fourth-order valence-electron chi connectivity index (χ4n) is 5.83. The Labute approximate surface area is 272 Å². The minimum absolute atomic E-state index is 0.0251. The van der Waals surface area contributed by atoms with Gasteiger partial charge in [-0.05, 0) is 54.4 Å². The number of aryl methyl sites for hydroxylation is 2. The number of carbonyl (C=O) groups is 2. The maximum absolute atomic E-state index is 14.2. The number of benzene rings is 4. The van der Waals surface area contributed by atoms with Crippen LogP contribution in [0.1, 0.15) is 37.4 Å². The van der Waals surface area contributed by atoms with Gasteiger partial charge in [-0.3, -0.25) is 28.0 Å². The standard InChI is InChI=1S/C31H22N2O12S3/c1-15-12-21(24(48(43,44)45)14-23(15)47(40,41)42)32-20-10-11-22-27-25(18-8-3-4-9-19(18)30(35)26(20)27)28(31(36)33(22)2)29(34)16-6-5-7-17(13-16)46(37,38)39/h3-14,32H,1-2H3,(H,37,38,39)(H,40,41,42)(H,43,44,45). The molecule has 5 aromatic rings. The number of carbonyl (C=O) groups excluding carboxylic acids is 2. The maximum Gasteiger partial charge on any atom is 0.296 e. The zero-order valence-electron chi connectivity index (χ0n) is 24.6. The van der Waals surface area contributed by atoms with Gasteiger partial charge in [-0.15, -0.1) is 0 Å². The SMILES string of the molecule is Cc1cc(Nc2ccc3c4c2C(=O)c2ccccc2-c4c(C(=O)c2cccc(S(=O)(=O)O)c2)c(=O)n3C)c(S(=O)(=O)O)cc1S(=O)(=O)O. The second-order valence-corrected chi connectivity index (χ2v) is 15.1. The second-order valence-electron chi connectivity index (χ2n) is 10.9. The Kier molecular flexibility index (Phi) is 7.54. The van der Waals surface area contributed by atoms with Crippen molar-refractivity contribution < 1.29 is 48.5 Å². The van der Waals surface area contributed by atoms with Crippen LogP contribution in [0.5, 0.6) is 0 Å². The number of hydrogen-bond donors (Lipinski definition) is 4. The Bertz CT molecular complexity index is 2700.